The Balaban J connectivity index is 2.22. The average Bonchev–Trinajstić information content (AvgIpc) is 3.20. The first-order valence-corrected chi connectivity index (χ1v) is 10.7. The van der Waals surface area contributed by atoms with E-state index in [0.717, 1.165) is 15.4 Å². The molecule has 0 saturated heterocycles. The van der Waals surface area contributed by atoms with Gasteiger partial charge in [-0.1, -0.05) is 19.1 Å². The Morgan fingerprint density at radius 2 is 1.79 bits per heavy atom. The Morgan fingerprint density at radius 3 is 2.35 bits per heavy atom. The highest BCUT2D eigenvalue weighted by molar-refractivity contribution is 6.17. The van der Waals surface area contributed by atoms with Crippen LogP contribution in [0.25, 0.3) is 5.65 Å². The molecule has 0 unspecified atom stereocenters. The first-order chi connectivity index (χ1) is 16.0. The second-order valence-electron chi connectivity index (χ2n) is 7.60. The molecule has 5 N–H and O–H groups in total. The Kier molecular flexibility index (Phi) is 9.03. The molecule has 3 atom stereocenters. The number of amides is 3. The summed E-state index contributed by atoms with van der Waals surface area (Å²) in [6.07, 6.45) is -0.329. The predicted molar refractivity (Wildman–Crippen MR) is 116 cm³/mol. The summed E-state index contributed by atoms with van der Waals surface area (Å²) in [6, 6.07) is -2.65. The van der Waals surface area contributed by atoms with Gasteiger partial charge in [-0.3, -0.25) is 19.2 Å². The Hall–Kier alpha value is -3.59. The van der Waals surface area contributed by atoms with Gasteiger partial charge in [0.15, 0.2) is 11.3 Å². The molecular weight excluding hydrogens is 476 g/mol. The fraction of sp³-hybridized carbons (Fsp3) is 0.556. The molecule has 0 bridgehead atoms. The third-order valence-corrected chi connectivity index (χ3v) is 4.81. The van der Waals surface area contributed by atoms with Gasteiger partial charge >= 0.3 is 11.7 Å². The molecule has 0 spiro atoms. The first-order valence-electron chi connectivity index (χ1n) is 10.1. The van der Waals surface area contributed by atoms with Crippen LogP contribution in [0.4, 0.5) is 0 Å². The van der Waals surface area contributed by atoms with Gasteiger partial charge in [0, 0.05) is 5.88 Å². The van der Waals surface area contributed by atoms with Crippen molar-refractivity contribution in [3.05, 3.63) is 22.5 Å². The molecule has 2 aromatic rings. The number of alkyl halides is 1. The summed E-state index contributed by atoms with van der Waals surface area (Å²) in [5, 5.41) is 33.2. The maximum Gasteiger partial charge on any atom is 0.353 e. The number of imidazole rings is 1. The Bertz CT molecular complexity index is 1130. The van der Waals surface area contributed by atoms with E-state index < -0.39 is 60.0 Å². The monoisotopic (exact) mass is 500 g/mol. The molecule has 0 aliphatic heterocycles. The van der Waals surface area contributed by atoms with Gasteiger partial charge in [-0.25, -0.2) is 14.2 Å². The highest BCUT2D eigenvalue weighted by Crippen LogP contribution is 2.07. The summed E-state index contributed by atoms with van der Waals surface area (Å²) in [6.45, 7) is 3.93. The van der Waals surface area contributed by atoms with E-state index in [1.807, 2.05) is 0 Å². The molecule has 15 nitrogen and oxygen atoms in total. The van der Waals surface area contributed by atoms with Gasteiger partial charge in [-0.2, -0.15) is 4.68 Å². The van der Waals surface area contributed by atoms with Crippen LogP contribution in [0.3, 0.4) is 0 Å². The molecule has 0 aliphatic carbocycles. The number of carboxylic acid groups (broad SMARTS) is 1. The number of rotatable bonds is 11. The van der Waals surface area contributed by atoms with Gasteiger partial charge in [-0.05, 0) is 12.8 Å². The summed E-state index contributed by atoms with van der Waals surface area (Å²) in [4.78, 5) is 64.7. The minimum atomic E-state index is -1.51. The lowest BCUT2D eigenvalue weighted by atomic mass is 10.0. The molecule has 0 fully saturated rings. The van der Waals surface area contributed by atoms with Crippen LogP contribution in [0.2, 0.25) is 0 Å². The fourth-order valence-corrected chi connectivity index (χ4v) is 3.04. The van der Waals surface area contributed by atoms with Gasteiger partial charge in [-0.15, -0.1) is 16.7 Å². The normalized spacial score (nSPS) is 13.8. The quantitative estimate of drug-likeness (QED) is 0.202. The number of nitrogens with one attached hydrogen (secondary N) is 3. The lowest BCUT2D eigenvalue weighted by Crippen LogP contribution is -2.58. The van der Waals surface area contributed by atoms with Gasteiger partial charge in [0.05, 0.1) is 12.6 Å². The van der Waals surface area contributed by atoms with Crippen molar-refractivity contribution in [3.8, 4) is 0 Å². The van der Waals surface area contributed by atoms with Gasteiger partial charge in [0.1, 0.15) is 25.0 Å². The van der Waals surface area contributed by atoms with Gasteiger partial charge < -0.3 is 26.2 Å². The molecule has 2 rings (SSSR count). The zero-order valence-electron chi connectivity index (χ0n) is 18.6. The van der Waals surface area contributed by atoms with Gasteiger partial charge in [0.2, 0.25) is 11.8 Å². The lowest BCUT2D eigenvalue weighted by Gasteiger charge is -2.26. The summed E-state index contributed by atoms with van der Waals surface area (Å²) in [5.41, 5.74) is -1.12. The summed E-state index contributed by atoms with van der Waals surface area (Å²) in [5.74, 6) is -4.16. The predicted octanol–water partition coefficient (Wildman–Crippen LogP) is -2.65. The number of fused-ring (bicyclic) bond motifs is 1. The number of nitrogens with zero attached hydrogens (tertiary/aromatic N) is 5. The van der Waals surface area contributed by atoms with E-state index in [-0.39, 0.29) is 23.8 Å². The van der Waals surface area contributed by atoms with E-state index in [1.165, 1.54) is 6.92 Å². The number of aliphatic hydroxyl groups excluding tert-OH is 1. The van der Waals surface area contributed by atoms with Crippen LogP contribution in [0.1, 0.15) is 31.3 Å². The molecule has 0 radical (unpaired) electrons. The maximum absolute atomic E-state index is 12.8. The fourth-order valence-electron chi connectivity index (χ4n) is 2.88. The largest absolute Gasteiger partial charge is 0.480 e. The minimum Gasteiger partial charge on any atom is -0.480 e. The van der Waals surface area contributed by atoms with Crippen LogP contribution in [0.5, 0.6) is 0 Å². The van der Waals surface area contributed by atoms with Crippen molar-refractivity contribution in [2.24, 2.45) is 5.92 Å². The molecule has 16 heteroatoms. The molecule has 0 aromatic carbocycles. The van der Waals surface area contributed by atoms with Crippen molar-refractivity contribution >= 4 is 40.9 Å². The standard InChI is InChI=1S/C18H25ClN8O7/c1-8(2)11(15(31)20-6-10(29)30)22-16(32)12(9(3)28)23-17(33)13-14-24-25-27(5-4-19)18(34)26(14)7-21-13/h7-9,11-12,28H,4-6H2,1-3H3,(H,20,31)(H,22,32)(H,23,33)(H,29,30)/t9-,11+,12+/m1/s1. The van der Waals surface area contributed by atoms with Crippen LogP contribution in [-0.4, -0.2) is 88.9 Å². The number of halogens is 1. The summed E-state index contributed by atoms with van der Waals surface area (Å²) >= 11 is 5.61. The van der Waals surface area contributed by atoms with E-state index >= 15 is 0 Å². The zero-order valence-corrected chi connectivity index (χ0v) is 19.3. The van der Waals surface area contributed by atoms with E-state index in [2.05, 4.69) is 31.2 Å². The smallest absolute Gasteiger partial charge is 0.353 e. The maximum atomic E-state index is 12.8. The van der Waals surface area contributed by atoms with Crippen molar-refractivity contribution < 1.29 is 29.4 Å². The molecule has 0 aliphatic rings. The molecule has 3 amide bonds. The Morgan fingerprint density at radius 1 is 1.12 bits per heavy atom. The van der Waals surface area contributed by atoms with Crippen LogP contribution in [0, 0.1) is 5.92 Å². The third-order valence-electron chi connectivity index (χ3n) is 4.64. The summed E-state index contributed by atoms with van der Waals surface area (Å²) in [7, 11) is 0. The highest BCUT2D eigenvalue weighted by atomic mass is 35.5. The van der Waals surface area contributed by atoms with E-state index in [1.54, 1.807) is 13.8 Å². The van der Waals surface area contributed by atoms with E-state index in [4.69, 9.17) is 16.7 Å². The van der Waals surface area contributed by atoms with Crippen LogP contribution >= 0.6 is 11.6 Å². The van der Waals surface area contributed by atoms with Gasteiger partial charge in [0.25, 0.3) is 5.91 Å². The van der Waals surface area contributed by atoms with Crippen molar-refractivity contribution in [2.75, 3.05) is 12.4 Å². The lowest BCUT2D eigenvalue weighted by molar-refractivity contribution is -0.138. The SMILES string of the molecule is CC(C)[C@H](NC(=O)[C@@H](NC(=O)c1ncn2c(=O)n(CCCl)nnc12)[C@@H](C)O)C(=O)NCC(=O)O. The topological polar surface area (TPSA) is 210 Å². The van der Waals surface area contributed by atoms with Crippen molar-refractivity contribution in [1.29, 1.82) is 0 Å². The molecule has 0 saturated carbocycles. The van der Waals surface area contributed by atoms with E-state index in [0.29, 0.717) is 0 Å². The zero-order chi connectivity index (χ0) is 25.6. The average molecular weight is 501 g/mol. The third kappa shape index (κ3) is 6.26. The van der Waals surface area contributed by atoms with Crippen LogP contribution in [-0.2, 0) is 20.9 Å². The number of carbonyl (C=O) groups is 4. The van der Waals surface area contributed by atoms with Crippen molar-refractivity contribution in [2.45, 2.75) is 45.5 Å². The second kappa shape index (κ2) is 11.5. The first kappa shape index (κ1) is 26.7. The highest BCUT2D eigenvalue weighted by Gasteiger charge is 2.32. The number of aryl methyl sites for hydroxylation is 1. The molecule has 34 heavy (non-hydrogen) atoms. The number of aliphatic hydroxyl groups is 1. The number of hydrogen-bond donors (Lipinski definition) is 5. The second-order valence-corrected chi connectivity index (χ2v) is 7.98. The summed E-state index contributed by atoms with van der Waals surface area (Å²) < 4.78 is 1.96. The van der Waals surface area contributed by atoms with E-state index in [9.17, 15) is 29.1 Å². The number of aliphatic carboxylic acids is 1. The van der Waals surface area contributed by atoms with Crippen LogP contribution in [0.15, 0.2) is 11.1 Å². The molecule has 2 heterocycles. The number of carbonyl (C=O) groups excluding carboxylic acids is 3. The number of carboxylic acids is 1. The molecular formula is C18H25ClN8O7. The molecule has 2 aromatic heterocycles. The molecule has 186 valence electrons. The number of aromatic nitrogens is 5. The number of hydrogen-bond acceptors (Lipinski definition) is 9. The van der Waals surface area contributed by atoms with Crippen molar-refractivity contribution in [3.63, 3.8) is 0 Å². The van der Waals surface area contributed by atoms with Crippen molar-refractivity contribution in [1.82, 2.24) is 40.3 Å². The Labute approximate surface area is 197 Å². The van der Waals surface area contributed by atoms with Crippen LogP contribution < -0.4 is 21.6 Å². The minimum absolute atomic E-state index is 0.0877.